The fourth-order valence-electron chi connectivity index (χ4n) is 9.82. The molecule has 1 atom stereocenters. The van der Waals surface area contributed by atoms with Gasteiger partial charge in [0.2, 0.25) is 0 Å². The molecule has 11 rings (SSSR count). The third-order valence-corrected chi connectivity index (χ3v) is 20.7. The number of aromatic nitrogens is 2. The Morgan fingerprint density at radius 3 is 1.63 bits per heavy atom. The highest BCUT2D eigenvalue weighted by molar-refractivity contribution is 7.28. The van der Waals surface area contributed by atoms with Gasteiger partial charge < -0.3 is 15.6 Å². The topological polar surface area (TPSA) is 47.9 Å². The highest BCUT2D eigenvalue weighted by atomic mass is 32.1. The molecule has 346 valence electrons. The third-order valence-electron chi connectivity index (χ3n) is 13.3. The summed E-state index contributed by atoms with van der Waals surface area (Å²) in [6, 6.07) is 50.3. The van der Waals surface area contributed by atoms with Crippen molar-refractivity contribution in [3.05, 3.63) is 138 Å². The van der Waals surface area contributed by atoms with E-state index in [-0.39, 0.29) is 6.04 Å². The Morgan fingerprint density at radius 2 is 0.941 bits per heavy atom. The molecule has 0 spiro atoms. The number of para-hydroxylation sites is 2. The molecule has 0 radical (unpaired) electrons. The van der Waals surface area contributed by atoms with Crippen molar-refractivity contribution in [2.75, 3.05) is 11.9 Å². The van der Waals surface area contributed by atoms with Crippen LogP contribution >= 0.6 is 68.0 Å². The van der Waals surface area contributed by atoms with Crippen molar-refractivity contribution in [3.63, 3.8) is 0 Å². The highest BCUT2D eigenvalue weighted by Gasteiger charge is 2.23. The molecular weight excluding hydrogens is 945 g/mol. The van der Waals surface area contributed by atoms with Crippen LogP contribution in [0.3, 0.4) is 0 Å². The van der Waals surface area contributed by atoms with Gasteiger partial charge in [-0.25, -0.2) is 0 Å². The van der Waals surface area contributed by atoms with Crippen LogP contribution in [-0.2, 0) is 0 Å². The predicted molar refractivity (Wildman–Crippen MR) is 306 cm³/mol. The van der Waals surface area contributed by atoms with E-state index in [0.717, 1.165) is 13.0 Å². The van der Waals surface area contributed by atoms with Crippen molar-refractivity contribution in [2.24, 2.45) is 5.73 Å². The van der Waals surface area contributed by atoms with Crippen LogP contribution in [0.15, 0.2) is 133 Å². The van der Waals surface area contributed by atoms with Gasteiger partial charge in [0, 0.05) is 78.0 Å². The van der Waals surface area contributed by atoms with Gasteiger partial charge in [-0.2, -0.15) is 0 Å². The number of anilines is 1. The number of unbranched alkanes of at least 4 members (excludes halogenated alkanes) is 9. The Kier molecular flexibility index (Phi) is 13.9. The lowest BCUT2D eigenvalue weighted by atomic mass is 10.1. The molecule has 8 heterocycles. The zero-order chi connectivity index (χ0) is 46.0. The van der Waals surface area contributed by atoms with Crippen molar-refractivity contribution >= 4 is 117 Å². The lowest BCUT2D eigenvalue weighted by Gasteiger charge is -2.08. The maximum Gasteiger partial charge on any atom is 0.101 e. The number of rotatable bonds is 21. The quantitative estimate of drug-likeness (QED) is 0.0705. The van der Waals surface area contributed by atoms with Crippen LogP contribution in [0.2, 0.25) is 0 Å². The lowest BCUT2D eigenvalue weighted by molar-refractivity contribution is 0.559. The van der Waals surface area contributed by atoms with Gasteiger partial charge in [-0.15, -0.1) is 68.0 Å². The first-order valence-corrected chi connectivity index (χ1v) is 29.5. The molecule has 0 aliphatic rings. The Bertz CT molecular complexity index is 3450. The van der Waals surface area contributed by atoms with Crippen LogP contribution in [0, 0.1) is 0 Å². The van der Waals surface area contributed by atoms with Crippen LogP contribution in [0.25, 0.3) is 92.6 Å². The predicted octanol–water partition coefficient (Wildman–Crippen LogP) is 20.1. The molecule has 10 heteroatoms. The minimum Gasteiger partial charge on any atom is -0.377 e. The lowest BCUT2D eigenvalue weighted by Crippen LogP contribution is -2.08. The van der Waals surface area contributed by atoms with Crippen molar-refractivity contribution in [1.29, 1.82) is 0 Å². The largest absolute Gasteiger partial charge is 0.377 e. The molecule has 0 aliphatic carbocycles. The molecule has 1 unspecified atom stereocenters. The zero-order valence-corrected chi connectivity index (χ0v) is 43.8. The van der Waals surface area contributed by atoms with E-state index in [2.05, 4.69) is 162 Å². The molecule has 4 nitrogen and oxygen atoms in total. The molecule has 0 saturated carbocycles. The molecule has 0 bridgehead atoms. The second-order valence-corrected chi connectivity index (χ2v) is 24.5. The van der Waals surface area contributed by atoms with E-state index in [1.807, 2.05) is 68.0 Å². The van der Waals surface area contributed by atoms with Crippen LogP contribution < -0.4 is 11.1 Å². The maximum absolute atomic E-state index is 6.70. The Labute approximate surface area is 424 Å². The summed E-state index contributed by atoms with van der Waals surface area (Å²) in [6.45, 7) is 5.60. The maximum atomic E-state index is 6.70. The monoisotopic (exact) mass is 1000 g/mol. The molecule has 68 heavy (non-hydrogen) atoms. The summed E-state index contributed by atoms with van der Waals surface area (Å²) in [5.74, 6) is 0. The van der Waals surface area contributed by atoms with Gasteiger partial charge in [0.1, 0.15) is 10.0 Å². The minimum absolute atomic E-state index is 0.122. The number of thiophene rings is 6. The van der Waals surface area contributed by atoms with E-state index in [1.165, 1.54) is 173 Å². The minimum atomic E-state index is 0.122. The number of benzene rings is 3. The average Bonchev–Trinajstić information content (AvgIpc) is 4.22. The zero-order valence-electron chi connectivity index (χ0n) is 38.9. The third kappa shape index (κ3) is 9.10. The summed E-state index contributed by atoms with van der Waals surface area (Å²) in [7, 11) is 0. The first-order chi connectivity index (χ1) is 33.6. The average molecular weight is 1000 g/mol. The number of hydrogen-bond donors (Lipinski definition) is 2. The van der Waals surface area contributed by atoms with Gasteiger partial charge in [-0.1, -0.05) is 121 Å². The second-order valence-electron chi connectivity index (χ2n) is 18.0. The van der Waals surface area contributed by atoms with E-state index in [4.69, 9.17) is 5.73 Å². The van der Waals surface area contributed by atoms with Gasteiger partial charge >= 0.3 is 0 Å². The second kappa shape index (κ2) is 20.7. The Balaban J connectivity index is 0.888. The normalized spacial score (nSPS) is 12.5. The summed E-state index contributed by atoms with van der Waals surface area (Å²) in [6.07, 6.45) is 15.4. The molecule has 8 aromatic heterocycles. The number of hydrogen-bond acceptors (Lipinski definition) is 8. The number of fused-ring (bicyclic) bond motifs is 7. The fraction of sp³-hybridized carbons (Fsp3) is 0.276. The smallest absolute Gasteiger partial charge is 0.101 e. The summed E-state index contributed by atoms with van der Waals surface area (Å²) in [5.41, 5.74) is 11.7. The van der Waals surface area contributed by atoms with Gasteiger partial charge in [0.25, 0.3) is 0 Å². The molecule has 0 aliphatic heterocycles. The van der Waals surface area contributed by atoms with Crippen LogP contribution in [0.5, 0.6) is 0 Å². The van der Waals surface area contributed by atoms with E-state index >= 15 is 0 Å². The van der Waals surface area contributed by atoms with Crippen LogP contribution in [-0.4, -0.2) is 15.7 Å². The Hall–Kier alpha value is -4.78. The first kappa shape index (κ1) is 45.7. The SMILES string of the molecule is CCCCCCCCNc1ccc(-c2ccc(-c3ccc(-n4c5ccccc5c5c4ccc4c6ccccc6n(-c6ccc(-c7ccc(-c8ccc(C(N)CCCCCCC)s8)s7)s6)c45)s3)s2)s1. The standard InChI is InChI=1S/C58H58N4S6/c1-3-5-7-9-11-17-37-60-54-34-31-51(66-54)48-28-30-49(65-48)52-32-35-55(67-52)61-43-22-16-14-19-40(43)57-44(61)24-23-39-38-18-13-15-21-42(38)62(58(39)57)56-36-33-53(68-56)50-29-27-47(64-50)46-26-25-45(63-46)41(59)20-12-10-8-6-4-2/h13-16,18-19,21-36,41,60H,3-12,17,20,37,59H2,1-2H3. The molecule has 0 fully saturated rings. The van der Waals surface area contributed by atoms with E-state index in [1.54, 1.807) is 0 Å². The van der Waals surface area contributed by atoms with Crippen LogP contribution in [0.1, 0.15) is 102 Å². The van der Waals surface area contributed by atoms with Crippen molar-refractivity contribution < 1.29 is 0 Å². The number of nitrogens with two attached hydrogens (primary N) is 1. The van der Waals surface area contributed by atoms with E-state index < -0.39 is 0 Å². The van der Waals surface area contributed by atoms with Gasteiger partial charge in [-0.3, -0.25) is 4.57 Å². The molecule has 11 aromatic rings. The number of nitrogens with one attached hydrogen (secondary N) is 1. The number of nitrogens with zero attached hydrogens (tertiary/aromatic N) is 2. The molecule has 0 amide bonds. The van der Waals surface area contributed by atoms with Crippen molar-refractivity contribution in [1.82, 2.24) is 9.13 Å². The van der Waals surface area contributed by atoms with E-state index in [9.17, 15) is 0 Å². The summed E-state index contributed by atoms with van der Waals surface area (Å²) in [5, 5.41) is 12.5. The first-order valence-electron chi connectivity index (χ1n) is 24.6. The van der Waals surface area contributed by atoms with Crippen molar-refractivity contribution in [3.8, 4) is 49.0 Å². The van der Waals surface area contributed by atoms with Gasteiger partial charge in [0.15, 0.2) is 0 Å². The van der Waals surface area contributed by atoms with Gasteiger partial charge in [0.05, 0.1) is 27.1 Å². The van der Waals surface area contributed by atoms with E-state index in [0.29, 0.717) is 0 Å². The summed E-state index contributed by atoms with van der Waals surface area (Å²) < 4.78 is 5.04. The molecule has 3 N–H and O–H groups in total. The molecule has 3 aromatic carbocycles. The Morgan fingerprint density at radius 1 is 0.426 bits per heavy atom. The van der Waals surface area contributed by atoms with Crippen LogP contribution in [0.4, 0.5) is 5.00 Å². The van der Waals surface area contributed by atoms with Gasteiger partial charge in [-0.05, 0) is 104 Å². The fourth-order valence-corrected chi connectivity index (χ4v) is 16.2. The molecule has 0 saturated heterocycles. The summed E-state index contributed by atoms with van der Waals surface area (Å²) >= 11 is 11.3. The summed E-state index contributed by atoms with van der Waals surface area (Å²) in [4.78, 5) is 11.8. The highest BCUT2D eigenvalue weighted by Crippen LogP contribution is 2.47. The molecular formula is C58H58N4S6. The van der Waals surface area contributed by atoms with Crippen molar-refractivity contribution in [2.45, 2.75) is 96.9 Å².